The van der Waals surface area contributed by atoms with E-state index in [9.17, 15) is 23.1 Å². The first-order valence-corrected chi connectivity index (χ1v) is 11.4. The molecule has 2 aromatic heterocycles. The Morgan fingerprint density at radius 2 is 1.69 bits per heavy atom. The van der Waals surface area contributed by atoms with Gasteiger partial charge in [-0.2, -0.15) is 23.4 Å². The molecule has 0 radical (unpaired) electrons. The number of aliphatic hydroxyl groups excluding tert-OH is 1. The molecule has 2 heterocycles. The summed E-state index contributed by atoms with van der Waals surface area (Å²) < 4.78 is 43.1. The van der Waals surface area contributed by atoms with Gasteiger partial charge in [0.25, 0.3) is 5.91 Å². The van der Waals surface area contributed by atoms with Crippen LogP contribution in [0.5, 0.6) is 0 Å². The molecule has 0 aliphatic rings. The molecule has 0 saturated carbocycles. The van der Waals surface area contributed by atoms with Gasteiger partial charge in [0.2, 0.25) is 0 Å². The van der Waals surface area contributed by atoms with Gasteiger partial charge >= 0.3 is 6.18 Å². The van der Waals surface area contributed by atoms with E-state index < -0.39 is 29.6 Å². The lowest BCUT2D eigenvalue weighted by Gasteiger charge is -2.27. The number of carbonyl (C=O) groups is 1. The van der Waals surface area contributed by atoms with Crippen LogP contribution in [0.4, 0.5) is 24.8 Å². The van der Waals surface area contributed by atoms with Crippen molar-refractivity contribution in [3.05, 3.63) is 47.2 Å². The molecule has 9 nitrogen and oxygen atoms in total. The van der Waals surface area contributed by atoms with Gasteiger partial charge in [-0.3, -0.25) is 9.48 Å². The fraction of sp³-hybridized carbons (Fsp3) is 0.458. The SMILES string of the molecule is CC(c1ccc(-c2nn(C(C)C)c(N)c2C(N)=O)cc1)C(O)Nc1cc(C(C)(C)C(F)(F)F)n(C)n1. The van der Waals surface area contributed by atoms with Gasteiger partial charge in [-0.25, -0.2) is 4.68 Å². The summed E-state index contributed by atoms with van der Waals surface area (Å²) in [6.07, 6.45) is -5.60. The number of nitrogens with one attached hydrogen (secondary N) is 1. The largest absolute Gasteiger partial charge is 0.399 e. The van der Waals surface area contributed by atoms with E-state index in [0.717, 1.165) is 24.1 Å². The zero-order chi connectivity index (χ0) is 27.2. The van der Waals surface area contributed by atoms with E-state index in [0.29, 0.717) is 11.3 Å². The number of aliphatic hydroxyl groups is 1. The van der Waals surface area contributed by atoms with E-state index in [1.807, 2.05) is 13.8 Å². The molecule has 196 valence electrons. The Morgan fingerprint density at radius 3 is 2.19 bits per heavy atom. The minimum Gasteiger partial charge on any atom is -0.383 e. The molecule has 0 spiro atoms. The standard InChI is InChI=1S/C24H32F3N7O2/c1-12(2)34-20(28)18(21(29)35)19(32-34)15-9-7-14(8-10-15)13(3)22(36)30-17-11-16(33(6)31-17)23(4,5)24(25,26)27/h7-13,22,36H,28H2,1-6H3,(H2,29,35)(H,30,31). The molecule has 0 aliphatic carbocycles. The summed E-state index contributed by atoms with van der Waals surface area (Å²) in [5.41, 5.74) is 11.3. The van der Waals surface area contributed by atoms with Gasteiger partial charge in [0.05, 0.1) is 5.69 Å². The zero-order valence-electron chi connectivity index (χ0n) is 21.1. The van der Waals surface area contributed by atoms with Gasteiger partial charge in [-0.15, -0.1) is 0 Å². The number of hydrogen-bond acceptors (Lipinski definition) is 6. The lowest BCUT2D eigenvalue weighted by molar-refractivity contribution is -0.182. The van der Waals surface area contributed by atoms with Crippen molar-refractivity contribution in [1.82, 2.24) is 19.6 Å². The number of aromatic nitrogens is 4. The molecule has 12 heteroatoms. The molecule has 6 N–H and O–H groups in total. The van der Waals surface area contributed by atoms with E-state index in [1.165, 1.54) is 17.8 Å². The molecule has 0 fully saturated rings. The van der Waals surface area contributed by atoms with Gasteiger partial charge in [-0.05, 0) is 33.3 Å². The maximum absolute atomic E-state index is 13.5. The number of anilines is 2. The minimum absolute atomic E-state index is 0.0351. The second-order valence-electron chi connectivity index (χ2n) is 9.67. The predicted molar refractivity (Wildman–Crippen MR) is 131 cm³/mol. The monoisotopic (exact) mass is 507 g/mol. The van der Waals surface area contributed by atoms with Crippen LogP contribution in [0, 0.1) is 0 Å². The van der Waals surface area contributed by atoms with Crippen molar-refractivity contribution in [1.29, 1.82) is 0 Å². The molecule has 0 saturated heterocycles. The van der Waals surface area contributed by atoms with Crippen LogP contribution in [0.15, 0.2) is 30.3 Å². The number of rotatable bonds is 8. The number of hydrogen-bond donors (Lipinski definition) is 4. The highest BCUT2D eigenvalue weighted by molar-refractivity contribution is 6.03. The van der Waals surface area contributed by atoms with Gasteiger partial charge in [0.15, 0.2) is 0 Å². The number of benzene rings is 1. The van der Waals surface area contributed by atoms with Crippen LogP contribution in [-0.2, 0) is 12.5 Å². The number of amides is 1. The summed E-state index contributed by atoms with van der Waals surface area (Å²) in [6.45, 7) is 7.68. The maximum Gasteiger partial charge on any atom is 0.399 e. The molecule has 3 aromatic rings. The zero-order valence-corrected chi connectivity index (χ0v) is 21.1. The van der Waals surface area contributed by atoms with Crippen LogP contribution < -0.4 is 16.8 Å². The summed E-state index contributed by atoms with van der Waals surface area (Å²) in [5.74, 6) is -0.821. The van der Waals surface area contributed by atoms with E-state index in [1.54, 1.807) is 31.2 Å². The third-order valence-corrected chi connectivity index (χ3v) is 6.39. The number of halogens is 3. The summed E-state index contributed by atoms with van der Waals surface area (Å²) in [4.78, 5) is 12.0. The number of aryl methyl sites for hydroxylation is 1. The van der Waals surface area contributed by atoms with Crippen LogP contribution in [0.1, 0.15) is 68.2 Å². The van der Waals surface area contributed by atoms with Crippen molar-refractivity contribution in [2.75, 3.05) is 11.1 Å². The summed E-state index contributed by atoms with van der Waals surface area (Å²) >= 11 is 0. The Morgan fingerprint density at radius 1 is 1.11 bits per heavy atom. The Bertz CT molecular complexity index is 1240. The van der Waals surface area contributed by atoms with E-state index in [-0.39, 0.29) is 28.9 Å². The van der Waals surface area contributed by atoms with E-state index in [2.05, 4.69) is 15.5 Å². The molecule has 0 bridgehead atoms. The van der Waals surface area contributed by atoms with Gasteiger partial charge in [0.1, 0.15) is 34.5 Å². The third-order valence-electron chi connectivity index (χ3n) is 6.39. The lowest BCUT2D eigenvalue weighted by Crippen LogP contribution is -2.38. The fourth-order valence-corrected chi connectivity index (χ4v) is 3.96. The third kappa shape index (κ3) is 4.90. The molecular weight excluding hydrogens is 475 g/mol. The van der Waals surface area contributed by atoms with Crippen molar-refractivity contribution < 1.29 is 23.1 Å². The second kappa shape index (κ2) is 9.49. The van der Waals surface area contributed by atoms with E-state index in [4.69, 9.17) is 11.5 Å². The van der Waals surface area contributed by atoms with Gasteiger partial charge in [-0.1, -0.05) is 31.2 Å². The number of nitrogens with two attached hydrogens (primary N) is 2. The predicted octanol–water partition coefficient (Wildman–Crippen LogP) is 3.92. The summed E-state index contributed by atoms with van der Waals surface area (Å²) in [5, 5.41) is 22.0. The van der Waals surface area contributed by atoms with Crippen molar-refractivity contribution in [2.45, 2.75) is 64.4 Å². The number of nitrogens with zero attached hydrogens (tertiary/aromatic N) is 4. The molecule has 1 amide bonds. The highest BCUT2D eigenvalue weighted by Gasteiger charge is 2.50. The molecule has 2 atom stereocenters. The molecule has 3 rings (SSSR count). The maximum atomic E-state index is 13.5. The highest BCUT2D eigenvalue weighted by atomic mass is 19.4. The van der Waals surface area contributed by atoms with Crippen LogP contribution in [-0.4, -0.2) is 43.0 Å². The molecule has 2 unspecified atom stereocenters. The Balaban J connectivity index is 1.82. The van der Waals surface area contributed by atoms with Crippen molar-refractivity contribution in [2.24, 2.45) is 12.8 Å². The summed E-state index contributed by atoms with van der Waals surface area (Å²) in [7, 11) is 1.43. The molecule has 36 heavy (non-hydrogen) atoms. The normalized spacial score (nSPS) is 14.2. The Kier molecular flexibility index (Phi) is 7.13. The number of nitrogen functional groups attached to an aromatic ring is 1. The quantitative estimate of drug-likeness (QED) is 0.341. The number of carbonyl (C=O) groups excluding carboxylic acids is 1. The molecule has 1 aromatic carbocycles. The minimum atomic E-state index is -4.46. The first-order valence-electron chi connectivity index (χ1n) is 11.4. The average molecular weight is 508 g/mol. The van der Waals surface area contributed by atoms with Crippen molar-refractivity contribution in [3.8, 4) is 11.3 Å². The topological polar surface area (TPSA) is 137 Å². The molecule has 0 aliphatic heterocycles. The van der Waals surface area contributed by atoms with Crippen LogP contribution in [0.3, 0.4) is 0 Å². The number of primary amides is 1. The van der Waals surface area contributed by atoms with Crippen LogP contribution in [0.25, 0.3) is 11.3 Å². The lowest BCUT2D eigenvalue weighted by atomic mass is 9.88. The fourth-order valence-electron chi connectivity index (χ4n) is 3.96. The number of alkyl halides is 3. The van der Waals surface area contributed by atoms with E-state index >= 15 is 0 Å². The summed E-state index contributed by atoms with van der Waals surface area (Å²) in [6, 6.07) is 8.21. The Hall–Kier alpha value is -3.54. The van der Waals surface area contributed by atoms with Crippen molar-refractivity contribution >= 4 is 17.5 Å². The smallest absolute Gasteiger partial charge is 0.383 e. The Labute approximate surface area is 207 Å². The second-order valence-corrected chi connectivity index (χ2v) is 9.67. The first-order chi connectivity index (χ1) is 16.6. The van der Waals surface area contributed by atoms with Crippen LogP contribution in [0.2, 0.25) is 0 Å². The molecular formula is C24H32F3N7O2. The van der Waals surface area contributed by atoms with Gasteiger partial charge < -0.3 is 21.9 Å². The van der Waals surface area contributed by atoms with Crippen LogP contribution >= 0.6 is 0 Å². The van der Waals surface area contributed by atoms with Gasteiger partial charge in [0, 0.05) is 30.6 Å². The average Bonchev–Trinajstić information content (AvgIpc) is 3.32. The highest BCUT2D eigenvalue weighted by Crippen LogP contribution is 2.41. The van der Waals surface area contributed by atoms with Crippen molar-refractivity contribution in [3.63, 3.8) is 0 Å². The first kappa shape index (κ1) is 27.1.